The minimum atomic E-state index is -3.19. The van der Waals surface area contributed by atoms with Crippen molar-refractivity contribution in [1.82, 2.24) is 4.90 Å². The van der Waals surface area contributed by atoms with Gasteiger partial charge in [-0.3, -0.25) is 19.3 Å². The first-order valence-corrected chi connectivity index (χ1v) is 10.8. The Bertz CT molecular complexity index is 1150. The highest BCUT2D eigenvalue weighted by molar-refractivity contribution is 7.89. The Morgan fingerprint density at radius 1 is 1.00 bits per heavy atom. The molecule has 0 fully saturated rings. The second kappa shape index (κ2) is 8.07. The fraction of sp³-hybridized carbons (Fsp3) is 0.200. The van der Waals surface area contributed by atoms with Gasteiger partial charge in [0.1, 0.15) is 0 Å². The molecule has 3 amide bonds. The maximum Gasteiger partial charge on any atom is 0.338 e. The number of nitrogens with one attached hydrogen (secondary N) is 1. The van der Waals surface area contributed by atoms with Crippen LogP contribution in [0.2, 0.25) is 0 Å². The molecule has 2 aromatic rings. The molecule has 1 aliphatic rings. The summed E-state index contributed by atoms with van der Waals surface area (Å²) in [4.78, 5) is 49.0. The normalized spacial score (nSPS) is 13.2. The molecule has 3 rings (SSSR count). The zero-order valence-corrected chi connectivity index (χ0v) is 17.0. The van der Waals surface area contributed by atoms with Crippen molar-refractivity contribution in [1.29, 1.82) is 0 Å². The van der Waals surface area contributed by atoms with Crippen LogP contribution in [0.25, 0.3) is 0 Å². The molecular weight excluding hydrogens is 412 g/mol. The van der Waals surface area contributed by atoms with Gasteiger partial charge >= 0.3 is 5.97 Å². The number of nitrogens with zero attached hydrogens (tertiary/aromatic N) is 1. The van der Waals surface area contributed by atoms with Gasteiger partial charge < -0.3 is 10.1 Å². The molecule has 10 heteroatoms. The van der Waals surface area contributed by atoms with Crippen LogP contribution in [-0.2, 0) is 25.1 Å². The van der Waals surface area contributed by atoms with Crippen LogP contribution in [0.4, 0.5) is 5.69 Å². The first kappa shape index (κ1) is 21.2. The highest BCUT2D eigenvalue weighted by Gasteiger charge is 2.32. The lowest BCUT2D eigenvalue weighted by Gasteiger charge is -2.08. The van der Waals surface area contributed by atoms with E-state index >= 15 is 0 Å². The second-order valence-electron chi connectivity index (χ2n) is 6.82. The minimum absolute atomic E-state index is 0.143. The van der Waals surface area contributed by atoms with Gasteiger partial charge in [0.15, 0.2) is 16.4 Å². The van der Waals surface area contributed by atoms with Crippen molar-refractivity contribution >= 4 is 39.2 Å². The Morgan fingerprint density at radius 3 is 2.27 bits per heavy atom. The molecule has 0 saturated heterocycles. The van der Waals surface area contributed by atoms with E-state index in [1.54, 1.807) is 0 Å². The van der Waals surface area contributed by atoms with E-state index in [0.717, 1.165) is 11.2 Å². The Kier molecular flexibility index (Phi) is 5.70. The van der Waals surface area contributed by atoms with Crippen LogP contribution >= 0.6 is 0 Å². The van der Waals surface area contributed by atoms with Gasteiger partial charge in [-0.2, -0.15) is 0 Å². The fourth-order valence-electron chi connectivity index (χ4n) is 2.89. The van der Waals surface area contributed by atoms with Crippen LogP contribution in [0.3, 0.4) is 0 Å². The number of amides is 3. The van der Waals surface area contributed by atoms with Crippen molar-refractivity contribution < 1.29 is 32.3 Å². The lowest BCUT2D eigenvalue weighted by molar-refractivity contribution is -0.119. The van der Waals surface area contributed by atoms with Gasteiger partial charge in [0, 0.05) is 19.0 Å². The maximum atomic E-state index is 12.1. The number of hydrogen-bond acceptors (Lipinski definition) is 7. The number of sulfone groups is 1. The van der Waals surface area contributed by atoms with Gasteiger partial charge in [-0.1, -0.05) is 12.1 Å². The molecule has 0 radical (unpaired) electrons. The van der Waals surface area contributed by atoms with Gasteiger partial charge in [-0.25, -0.2) is 13.2 Å². The number of hydrogen-bond donors (Lipinski definition) is 1. The first-order chi connectivity index (χ1) is 14.0. The van der Waals surface area contributed by atoms with Gasteiger partial charge in [0.2, 0.25) is 0 Å². The van der Waals surface area contributed by atoms with Crippen molar-refractivity contribution in [2.75, 3.05) is 25.2 Å². The summed E-state index contributed by atoms with van der Waals surface area (Å²) in [6, 6.07) is 10.1. The van der Waals surface area contributed by atoms with Crippen molar-refractivity contribution in [3.8, 4) is 0 Å². The molecule has 0 atom stereocenters. The van der Waals surface area contributed by atoms with Crippen molar-refractivity contribution in [3.63, 3.8) is 0 Å². The third kappa shape index (κ3) is 4.71. The largest absolute Gasteiger partial charge is 0.452 e. The van der Waals surface area contributed by atoms with E-state index in [1.165, 1.54) is 49.5 Å². The molecule has 1 N–H and O–H groups in total. The predicted octanol–water partition coefficient (Wildman–Crippen LogP) is 1.25. The molecule has 30 heavy (non-hydrogen) atoms. The van der Waals surface area contributed by atoms with Gasteiger partial charge in [0.05, 0.1) is 22.4 Å². The Morgan fingerprint density at radius 2 is 1.63 bits per heavy atom. The van der Waals surface area contributed by atoms with E-state index in [9.17, 15) is 27.6 Å². The summed E-state index contributed by atoms with van der Waals surface area (Å²) < 4.78 is 27.5. The number of imide groups is 1. The van der Waals surface area contributed by atoms with Crippen LogP contribution in [0, 0.1) is 0 Å². The smallest absolute Gasteiger partial charge is 0.338 e. The maximum absolute atomic E-state index is 12.1. The van der Waals surface area contributed by atoms with E-state index in [-0.39, 0.29) is 28.1 Å². The van der Waals surface area contributed by atoms with E-state index in [2.05, 4.69) is 5.32 Å². The highest BCUT2D eigenvalue weighted by Crippen LogP contribution is 2.24. The molecule has 9 nitrogen and oxygen atoms in total. The van der Waals surface area contributed by atoms with Crippen molar-refractivity contribution in [2.45, 2.75) is 5.75 Å². The summed E-state index contributed by atoms with van der Waals surface area (Å²) in [5.41, 5.74) is 1.43. The minimum Gasteiger partial charge on any atom is -0.452 e. The number of carbonyl (C=O) groups excluding carboxylic acids is 4. The van der Waals surface area contributed by atoms with Crippen LogP contribution in [0.15, 0.2) is 42.5 Å². The summed E-state index contributed by atoms with van der Waals surface area (Å²) in [5, 5.41) is 2.50. The topological polar surface area (TPSA) is 127 Å². The molecule has 0 aromatic heterocycles. The number of rotatable bonds is 6. The zero-order valence-electron chi connectivity index (χ0n) is 16.2. The molecule has 2 aromatic carbocycles. The van der Waals surface area contributed by atoms with Crippen LogP contribution in [-0.4, -0.2) is 56.9 Å². The molecule has 0 bridgehead atoms. The van der Waals surface area contributed by atoms with E-state index in [1.807, 2.05) is 0 Å². The monoisotopic (exact) mass is 430 g/mol. The summed E-state index contributed by atoms with van der Waals surface area (Å²) in [6.45, 7) is -0.562. The molecule has 0 aliphatic carbocycles. The third-order valence-corrected chi connectivity index (χ3v) is 5.18. The average Bonchev–Trinajstić information content (AvgIpc) is 2.89. The number of anilines is 1. The molecular formula is C20H18N2O7S. The second-order valence-corrected chi connectivity index (χ2v) is 8.96. The molecule has 0 spiro atoms. The van der Waals surface area contributed by atoms with Crippen molar-refractivity contribution in [3.05, 3.63) is 64.7 Å². The molecule has 1 heterocycles. The number of carbonyl (C=O) groups is 4. The molecule has 1 aliphatic heterocycles. The number of esters is 1. The van der Waals surface area contributed by atoms with Crippen LogP contribution < -0.4 is 5.32 Å². The van der Waals surface area contributed by atoms with E-state index < -0.39 is 40.1 Å². The average molecular weight is 430 g/mol. The summed E-state index contributed by atoms with van der Waals surface area (Å²) in [7, 11) is -1.82. The summed E-state index contributed by atoms with van der Waals surface area (Å²) >= 11 is 0. The number of ether oxygens (including phenoxy) is 1. The lowest BCUT2D eigenvalue weighted by atomic mass is 10.1. The van der Waals surface area contributed by atoms with Crippen LogP contribution in [0.5, 0.6) is 0 Å². The Balaban J connectivity index is 1.57. The number of benzene rings is 2. The van der Waals surface area contributed by atoms with Crippen LogP contribution in [0.1, 0.15) is 36.6 Å². The highest BCUT2D eigenvalue weighted by atomic mass is 32.2. The SMILES string of the molecule is CN1C(=O)c2ccc(NC(=O)COC(=O)c3ccc(CS(C)(=O)=O)cc3)cc2C1=O. The lowest BCUT2D eigenvalue weighted by Crippen LogP contribution is -2.24. The third-order valence-electron chi connectivity index (χ3n) is 4.33. The first-order valence-electron chi connectivity index (χ1n) is 8.75. The number of fused-ring (bicyclic) bond motifs is 1. The summed E-state index contributed by atoms with van der Waals surface area (Å²) in [5.74, 6) is -2.38. The fourth-order valence-corrected chi connectivity index (χ4v) is 3.69. The molecule has 0 saturated carbocycles. The van der Waals surface area contributed by atoms with E-state index in [4.69, 9.17) is 4.74 Å². The standard InChI is InChI=1S/C20H18N2O7S/c1-22-18(24)15-8-7-14(9-16(15)19(22)25)21-17(23)10-29-20(26)13-5-3-12(4-6-13)11-30(2,27)28/h3-9H,10-11H2,1-2H3,(H,21,23). The quantitative estimate of drug-likeness (QED) is 0.540. The zero-order chi connectivity index (χ0) is 22.1. The van der Waals surface area contributed by atoms with Gasteiger partial charge in [-0.05, 0) is 35.9 Å². The Hall–Kier alpha value is -3.53. The summed E-state index contributed by atoms with van der Waals surface area (Å²) in [6.07, 6.45) is 1.11. The van der Waals surface area contributed by atoms with Gasteiger partial charge in [0.25, 0.3) is 17.7 Å². The van der Waals surface area contributed by atoms with Crippen molar-refractivity contribution in [2.24, 2.45) is 0 Å². The Labute approximate surface area is 172 Å². The van der Waals surface area contributed by atoms with Gasteiger partial charge in [-0.15, -0.1) is 0 Å². The molecule has 0 unspecified atom stereocenters. The predicted molar refractivity (Wildman–Crippen MR) is 107 cm³/mol. The molecule has 156 valence electrons. The van der Waals surface area contributed by atoms with E-state index in [0.29, 0.717) is 5.56 Å².